The molecular formula is C22H26N4O5. The van der Waals surface area contributed by atoms with E-state index in [1.54, 1.807) is 44.2 Å². The minimum Gasteiger partial charge on any atom is -0.360 e. The summed E-state index contributed by atoms with van der Waals surface area (Å²) in [6.07, 6.45) is 5.58. The van der Waals surface area contributed by atoms with Crippen molar-refractivity contribution in [3.05, 3.63) is 45.4 Å². The summed E-state index contributed by atoms with van der Waals surface area (Å²) in [6.45, 7) is 1.16. The van der Waals surface area contributed by atoms with Crippen LogP contribution in [-0.2, 0) is 34.3 Å². The molecule has 2 bridgehead atoms. The molecule has 0 N–H and O–H groups in total. The molecule has 0 aromatic carbocycles. The van der Waals surface area contributed by atoms with Crippen LogP contribution in [-0.4, -0.2) is 82.9 Å². The Balaban J connectivity index is 1.46. The lowest BCUT2D eigenvalue weighted by molar-refractivity contribution is -0.143. The normalized spacial score (nSPS) is 30.6. The van der Waals surface area contributed by atoms with Crippen molar-refractivity contribution in [3.63, 3.8) is 0 Å². The van der Waals surface area contributed by atoms with Gasteiger partial charge in [-0.1, -0.05) is 12.2 Å². The Kier molecular flexibility index (Phi) is 4.21. The van der Waals surface area contributed by atoms with Gasteiger partial charge in [-0.2, -0.15) is 0 Å². The van der Waals surface area contributed by atoms with Gasteiger partial charge in [0, 0.05) is 47.5 Å². The fourth-order valence-electron chi connectivity index (χ4n) is 5.61. The Hall–Kier alpha value is -2.94. The van der Waals surface area contributed by atoms with Crippen LogP contribution in [0.2, 0.25) is 0 Å². The molecule has 164 valence electrons. The third-order valence-electron chi connectivity index (χ3n) is 7.07. The molecule has 2 saturated heterocycles. The highest BCUT2D eigenvalue weighted by Crippen LogP contribution is 2.52. The second-order valence-electron chi connectivity index (χ2n) is 9.23. The SMILES string of the molecule is CN(C)C(=O)c1c2c(cn(C)c1=O)CN(C(=O)[C@H]1[C@@H]3C=C[C@@]4(CN(C)C(=O)[C@@H]14)O3)CC2. The van der Waals surface area contributed by atoms with Crippen LogP contribution in [0.15, 0.2) is 23.1 Å². The molecule has 1 spiro atoms. The van der Waals surface area contributed by atoms with Gasteiger partial charge in [0.25, 0.3) is 11.5 Å². The molecule has 4 atom stereocenters. The van der Waals surface area contributed by atoms with Crippen LogP contribution in [0, 0.1) is 11.8 Å². The Morgan fingerprint density at radius 3 is 2.68 bits per heavy atom. The van der Waals surface area contributed by atoms with Crippen molar-refractivity contribution >= 4 is 17.7 Å². The lowest BCUT2D eigenvalue weighted by atomic mass is 9.76. The molecule has 5 rings (SSSR count). The summed E-state index contributed by atoms with van der Waals surface area (Å²) in [5, 5.41) is 0. The summed E-state index contributed by atoms with van der Waals surface area (Å²) in [4.78, 5) is 56.4. The van der Waals surface area contributed by atoms with Gasteiger partial charge in [-0.25, -0.2) is 0 Å². The van der Waals surface area contributed by atoms with Gasteiger partial charge in [-0.3, -0.25) is 19.2 Å². The topological polar surface area (TPSA) is 92.2 Å². The fourth-order valence-corrected chi connectivity index (χ4v) is 5.61. The van der Waals surface area contributed by atoms with Crippen molar-refractivity contribution in [1.29, 1.82) is 0 Å². The summed E-state index contributed by atoms with van der Waals surface area (Å²) in [6, 6.07) is 0. The van der Waals surface area contributed by atoms with Gasteiger partial charge >= 0.3 is 0 Å². The molecule has 0 unspecified atom stereocenters. The van der Waals surface area contributed by atoms with Gasteiger partial charge in [0.15, 0.2) is 0 Å². The highest BCUT2D eigenvalue weighted by molar-refractivity contribution is 5.96. The number of carbonyl (C=O) groups excluding carboxylic acids is 3. The molecule has 31 heavy (non-hydrogen) atoms. The molecule has 9 heteroatoms. The van der Waals surface area contributed by atoms with E-state index in [1.807, 2.05) is 12.2 Å². The standard InChI is InChI=1S/C22H26N4O5/c1-23(2)18(27)15-13-6-8-26(10-12(13)9-24(3)19(15)28)20(29)16-14-5-7-22(31-14)11-25(4)21(30)17(16)22/h5,7,9,14,16-17H,6,8,10-11H2,1-4H3/t14-,16-,17+,22-/m0/s1. The number of aryl methyl sites for hydroxylation is 1. The van der Waals surface area contributed by atoms with Crippen molar-refractivity contribution in [1.82, 2.24) is 19.3 Å². The van der Waals surface area contributed by atoms with E-state index >= 15 is 0 Å². The zero-order chi connectivity index (χ0) is 22.2. The first-order valence-corrected chi connectivity index (χ1v) is 10.5. The van der Waals surface area contributed by atoms with E-state index in [0.29, 0.717) is 31.6 Å². The Morgan fingerprint density at radius 1 is 1.23 bits per heavy atom. The smallest absolute Gasteiger partial charge is 0.263 e. The third kappa shape index (κ3) is 2.65. The van der Waals surface area contributed by atoms with E-state index in [9.17, 15) is 19.2 Å². The zero-order valence-electron chi connectivity index (χ0n) is 18.1. The molecule has 1 aromatic heterocycles. The number of carbonyl (C=O) groups is 3. The Morgan fingerprint density at radius 2 is 1.97 bits per heavy atom. The molecule has 0 radical (unpaired) electrons. The summed E-state index contributed by atoms with van der Waals surface area (Å²) < 4.78 is 7.51. The molecule has 4 aliphatic rings. The third-order valence-corrected chi connectivity index (χ3v) is 7.07. The summed E-state index contributed by atoms with van der Waals surface area (Å²) in [5.74, 6) is -1.52. The number of likely N-dealkylation sites (N-methyl/N-ethyl adjacent to an activating group) is 1. The summed E-state index contributed by atoms with van der Waals surface area (Å²) in [7, 11) is 6.59. The predicted octanol–water partition coefficient (Wildman–Crippen LogP) is -0.616. The number of pyridine rings is 1. The van der Waals surface area contributed by atoms with Crippen molar-refractivity contribution in [2.45, 2.75) is 24.7 Å². The van der Waals surface area contributed by atoms with Crippen LogP contribution in [0.5, 0.6) is 0 Å². The number of nitrogens with zero attached hydrogens (tertiary/aromatic N) is 4. The quantitative estimate of drug-likeness (QED) is 0.588. The second kappa shape index (κ2) is 6.53. The Labute approximate surface area is 179 Å². The highest BCUT2D eigenvalue weighted by Gasteiger charge is 2.66. The van der Waals surface area contributed by atoms with Gasteiger partial charge < -0.3 is 24.0 Å². The van der Waals surface area contributed by atoms with E-state index in [4.69, 9.17) is 4.74 Å². The van der Waals surface area contributed by atoms with Gasteiger partial charge in [-0.15, -0.1) is 0 Å². The van der Waals surface area contributed by atoms with Crippen LogP contribution < -0.4 is 5.56 Å². The average Bonchev–Trinajstić information content (AvgIpc) is 3.35. The predicted molar refractivity (Wildman–Crippen MR) is 110 cm³/mol. The number of hydrogen-bond acceptors (Lipinski definition) is 5. The van der Waals surface area contributed by atoms with Crippen LogP contribution in [0.3, 0.4) is 0 Å². The minimum absolute atomic E-state index is 0.0520. The number of aromatic nitrogens is 1. The second-order valence-corrected chi connectivity index (χ2v) is 9.23. The number of rotatable bonds is 2. The molecule has 5 heterocycles. The van der Waals surface area contributed by atoms with Crippen LogP contribution >= 0.6 is 0 Å². The highest BCUT2D eigenvalue weighted by atomic mass is 16.5. The minimum atomic E-state index is -0.695. The van der Waals surface area contributed by atoms with Crippen LogP contribution in [0.1, 0.15) is 21.5 Å². The lowest BCUT2D eigenvalue weighted by Gasteiger charge is -2.34. The number of amides is 3. The molecule has 0 saturated carbocycles. The van der Waals surface area contributed by atoms with Gasteiger partial charge in [0.1, 0.15) is 11.2 Å². The van der Waals surface area contributed by atoms with Gasteiger partial charge in [-0.05, 0) is 17.5 Å². The summed E-state index contributed by atoms with van der Waals surface area (Å²) in [5.41, 5.74) is 0.652. The molecular weight excluding hydrogens is 400 g/mol. The van der Waals surface area contributed by atoms with Gasteiger partial charge in [0.05, 0.1) is 24.5 Å². The average molecular weight is 426 g/mol. The first-order valence-electron chi connectivity index (χ1n) is 10.5. The molecule has 0 aliphatic carbocycles. The molecule has 1 aromatic rings. The number of hydrogen-bond donors (Lipinski definition) is 0. The molecule has 9 nitrogen and oxygen atoms in total. The van der Waals surface area contributed by atoms with E-state index in [0.717, 1.165) is 5.56 Å². The largest absolute Gasteiger partial charge is 0.360 e. The fraction of sp³-hybridized carbons (Fsp3) is 0.545. The first kappa shape index (κ1) is 20.0. The Bertz CT molecular complexity index is 1110. The van der Waals surface area contributed by atoms with Crippen LogP contribution in [0.4, 0.5) is 0 Å². The first-order chi connectivity index (χ1) is 14.6. The number of ether oxygens (including phenoxy) is 1. The number of likely N-dealkylation sites (tertiary alicyclic amines) is 1. The van der Waals surface area contributed by atoms with Crippen LogP contribution in [0.25, 0.3) is 0 Å². The van der Waals surface area contributed by atoms with E-state index in [-0.39, 0.29) is 34.9 Å². The van der Waals surface area contributed by atoms with Crippen molar-refractivity contribution in [2.75, 3.05) is 34.2 Å². The maximum atomic E-state index is 13.6. The van der Waals surface area contributed by atoms with E-state index < -0.39 is 17.4 Å². The zero-order valence-corrected chi connectivity index (χ0v) is 18.1. The van der Waals surface area contributed by atoms with Crippen molar-refractivity contribution in [2.24, 2.45) is 18.9 Å². The monoisotopic (exact) mass is 426 g/mol. The van der Waals surface area contributed by atoms with Crippen molar-refractivity contribution < 1.29 is 19.1 Å². The maximum Gasteiger partial charge on any atom is 0.263 e. The number of fused-ring (bicyclic) bond motifs is 2. The molecule has 2 fully saturated rings. The van der Waals surface area contributed by atoms with Crippen molar-refractivity contribution in [3.8, 4) is 0 Å². The van der Waals surface area contributed by atoms with E-state index in [2.05, 4.69) is 0 Å². The lowest BCUT2D eigenvalue weighted by Crippen LogP contribution is -2.48. The van der Waals surface area contributed by atoms with Gasteiger partial charge in [0.2, 0.25) is 11.8 Å². The summed E-state index contributed by atoms with van der Waals surface area (Å²) >= 11 is 0. The maximum absolute atomic E-state index is 13.6. The molecule has 4 aliphatic heterocycles. The molecule has 3 amide bonds. The van der Waals surface area contributed by atoms with E-state index in [1.165, 1.54) is 9.47 Å².